The van der Waals surface area contributed by atoms with E-state index in [2.05, 4.69) is 20.3 Å². The number of aromatic nitrogens is 3. The van der Waals surface area contributed by atoms with Gasteiger partial charge in [-0.25, -0.2) is 15.0 Å². The van der Waals surface area contributed by atoms with Crippen molar-refractivity contribution in [2.45, 2.75) is 26.1 Å². The second kappa shape index (κ2) is 9.26. The minimum Gasteiger partial charge on any atom is -0.493 e. The maximum Gasteiger partial charge on any atom is 0.433 e. The number of nitrogens with two attached hydrogens (primary N) is 1. The summed E-state index contributed by atoms with van der Waals surface area (Å²) < 4.78 is 56.1. The van der Waals surface area contributed by atoms with Crippen LogP contribution in [0.1, 0.15) is 23.6 Å². The van der Waals surface area contributed by atoms with E-state index >= 15 is 0 Å². The Kier molecular flexibility index (Phi) is 6.41. The maximum atomic E-state index is 13.1. The molecular formula is C22H24F3N5O3. The number of alkyl halides is 3. The van der Waals surface area contributed by atoms with Gasteiger partial charge in [0.25, 0.3) is 0 Å². The first kappa shape index (κ1) is 22.8. The van der Waals surface area contributed by atoms with Crippen LogP contribution in [0.5, 0.6) is 11.5 Å². The average molecular weight is 463 g/mol. The number of fused-ring (bicyclic) bond motifs is 1. The van der Waals surface area contributed by atoms with Gasteiger partial charge in [0.15, 0.2) is 11.5 Å². The van der Waals surface area contributed by atoms with Crippen molar-refractivity contribution in [2.24, 2.45) is 5.92 Å². The number of nitrogens with zero attached hydrogens (tertiary/aromatic N) is 3. The molecule has 0 radical (unpaired) electrons. The van der Waals surface area contributed by atoms with Crippen molar-refractivity contribution in [1.29, 1.82) is 0 Å². The third-order valence-corrected chi connectivity index (χ3v) is 5.22. The van der Waals surface area contributed by atoms with Crippen LogP contribution in [0, 0.1) is 12.8 Å². The van der Waals surface area contributed by atoms with Gasteiger partial charge >= 0.3 is 6.18 Å². The van der Waals surface area contributed by atoms with Crippen LogP contribution in [0.2, 0.25) is 0 Å². The number of hydrogen-bond acceptors (Lipinski definition) is 8. The lowest BCUT2D eigenvalue weighted by molar-refractivity contribution is -0.141. The van der Waals surface area contributed by atoms with Gasteiger partial charge < -0.3 is 25.3 Å². The number of aryl methyl sites for hydroxylation is 1. The molecule has 1 saturated heterocycles. The lowest BCUT2D eigenvalue weighted by atomic mass is 10.1. The molecule has 1 fully saturated rings. The largest absolute Gasteiger partial charge is 0.493 e. The van der Waals surface area contributed by atoms with Crippen LogP contribution >= 0.6 is 0 Å². The summed E-state index contributed by atoms with van der Waals surface area (Å²) in [6, 6.07) is 5.70. The van der Waals surface area contributed by atoms with Crippen molar-refractivity contribution in [3.63, 3.8) is 0 Å². The molecule has 176 valence electrons. The summed E-state index contributed by atoms with van der Waals surface area (Å²) in [5, 5.41) is 3.70. The van der Waals surface area contributed by atoms with Crippen LogP contribution in [0.25, 0.3) is 10.9 Å². The van der Waals surface area contributed by atoms with E-state index in [1.165, 1.54) is 6.07 Å². The van der Waals surface area contributed by atoms with E-state index < -0.39 is 11.9 Å². The molecule has 3 N–H and O–H groups in total. The molecule has 1 aliphatic heterocycles. The molecule has 33 heavy (non-hydrogen) atoms. The molecule has 3 aromatic rings. The molecule has 3 heterocycles. The second-order valence-corrected chi connectivity index (χ2v) is 7.81. The first-order chi connectivity index (χ1) is 15.7. The zero-order chi connectivity index (χ0) is 23.6. The van der Waals surface area contributed by atoms with Crippen molar-refractivity contribution in [3.05, 3.63) is 41.5 Å². The Morgan fingerprint density at radius 2 is 1.97 bits per heavy atom. The van der Waals surface area contributed by atoms with Crippen molar-refractivity contribution < 1.29 is 27.4 Å². The highest BCUT2D eigenvalue weighted by atomic mass is 19.4. The number of hydrogen-bond donors (Lipinski definition) is 2. The number of pyridine rings is 1. The van der Waals surface area contributed by atoms with Crippen LogP contribution < -0.4 is 20.5 Å². The normalized spacial score (nSPS) is 16.2. The van der Waals surface area contributed by atoms with E-state index in [0.717, 1.165) is 19.1 Å². The van der Waals surface area contributed by atoms with Gasteiger partial charge in [0.05, 0.1) is 38.1 Å². The molecule has 4 rings (SSSR count). The van der Waals surface area contributed by atoms with E-state index in [1.807, 2.05) is 0 Å². The fourth-order valence-corrected chi connectivity index (χ4v) is 3.60. The topological polar surface area (TPSA) is 104 Å². The zero-order valence-electron chi connectivity index (χ0n) is 18.2. The van der Waals surface area contributed by atoms with E-state index in [0.29, 0.717) is 53.2 Å². The van der Waals surface area contributed by atoms with Crippen LogP contribution in [-0.2, 0) is 17.5 Å². The van der Waals surface area contributed by atoms with Gasteiger partial charge in [-0.1, -0.05) is 0 Å². The SMILES string of the molecule is COc1cc2nc(C)nc(NCc3cc(N)cc(C(F)(F)F)n3)c2cc1OC[C@H]1CCOC1. The molecule has 11 heteroatoms. The van der Waals surface area contributed by atoms with Gasteiger partial charge in [-0.2, -0.15) is 13.2 Å². The van der Waals surface area contributed by atoms with Crippen LogP contribution in [0.3, 0.4) is 0 Å². The molecular weight excluding hydrogens is 439 g/mol. The minimum atomic E-state index is -4.59. The number of anilines is 2. The zero-order valence-corrected chi connectivity index (χ0v) is 18.2. The predicted molar refractivity (Wildman–Crippen MR) is 116 cm³/mol. The molecule has 0 amide bonds. The fraction of sp³-hybridized carbons (Fsp3) is 0.409. The van der Waals surface area contributed by atoms with Gasteiger partial charge in [-0.3, -0.25) is 0 Å². The van der Waals surface area contributed by atoms with Gasteiger partial charge in [0, 0.05) is 29.7 Å². The lowest BCUT2D eigenvalue weighted by Crippen LogP contribution is -2.13. The van der Waals surface area contributed by atoms with E-state index in [1.54, 1.807) is 26.2 Å². The van der Waals surface area contributed by atoms with E-state index in [-0.39, 0.29) is 17.9 Å². The van der Waals surface area contributed by atoms with Crippen molar-refractivity contribution in [2.75, 3.05) is 38.0 Å². The smallest absolute Gasteiger partial charge is 0.433 e. The average Bonchev–Trinajstić information content (AvgIpc) is 3.28. The highest BCUT2D eigenvalue weighted by Crippen LogP contribution is 2.35. The molecule has 0 saturated carbocycles. The highest BCUT2D eigenvalue weighted by molar-refractivity contribution is 5.91. The van der Waals surface area contributed by atoms with E-state index in [4.69, 9.17) is 19.9 Å². The Morgan fingerprint density at radius 3 is 2.67 bits per heavy atom. The van der Waals surface area contributed by atoms with E-state index in [9.17, 15) is 13.2 Å². The van der Waals surface area contributed by atoms with Gasteiger partial charge in [-0.05, 0) is 31.5 Å². The molecule has 0 aliphatic carbocycles. The van der Waals surface area contributed by atoms with Gasteiger partial charge in [0.2, 0.25) is 0 Å². The first-order valence-corrected chi connectivity index (χ1v) is 10.4. The van der Waals surface area contributed by atoms with Crippen molar-refractivity contribution >= 4 is 22.4 Å². The number of benzene rings is 1. The summed E-state index contributed by atoms with van der Waals surface area (Å²) in [5.74, 6) is 2.27. The third kappa shape index (κ3) is 5.36. The minimum absolute atomic E-state index is 0.0126. The number of halogens is 3. The molecule has 0 bridgehead atoms. The molecule has 2 aromatic heterocycles. The standard InChI is InChI=1S/C22H24F3N5O3/c1-12-28-17-8-18(31-2)19(33-11-13-3-4-32-10-13)7-16(17)21(29-12)27-9-15-5-14(26)6-20(30-15)22(23,24)25/h5-8,13H,3-4,9-11H2,1-2H3,(H2,26,30)(H,27,28,29)/t13-/m0/s1. The number of nitrogen functional groups attached to an aromatic ring is 1. The monoisotopic (exact) mass is 463 g/mol. The summed E-state index contributed by atoms with van der Waals surface area (Å²) in [5.41, 5.74) is 5.33. The van der Waals surface area contributed by atoms with Crippen LogP contribution in [0.4, 0.5) is 24.7 Å². The highest BCUT2D eigenvalue weighted by Gasteiger charge is 2.33. The van der Waals surface area contributed by atoms with Crippen LogP contribution in [0.15, 0.2) is 24.3 Å². The van der Waals surface area contributed by atoms with Gasteiger partial charge in [-0.15, -0.1) is 0 Å². The van der Waals surface area contributed by atoms with Crippen molar-refractivity contribution in [1.82, 2.24) is 15.0 Å². The summed E-state index contributed by atoms with van der Waals surface area (Å²) in [6.45, 7) is 3.56. The molecule has 1 aromatic carbocycles. The number of nitrogens with one attached hydrogen (secondary N) is 1. The lowest BCUT2D eigenvalue weighted by Gasteiger charge is -2.16. The Morgan fingerprint density at radius 1 is 1.15 bits per heavy atom. The Bertz CT molecular complexity index is 1150. The molecule has 0 unspecified atom stereocenters. The van der Waals surface area contributed by atoms with Gasteiger partial charge in [0.1, 0.15) is 17.3 Å². The summed E-state index contributed by atoms with van der Waals surface area (Å²) in [4.78, 5) is 12.5. The fourth-order valence-electron chi connectivity index (χ4n) is 3.60. The molecule has 8 nitrogen and oxygen atoms in total. The Hall–Kier alpha value is -3.34. The summed E-state index contributed by atoms with van der Waals surface area (Å²) >= 11 is 0. The Labute approximate surface area is 188 Å². The van der Waals surface area contributed by atoms with Crippen molar-refractivity contribution in [3.8, 4) is 11.5 Å². The summed E-state index contributed by atoms with van der Waals surface area (Å²) in [7, 11) is 1.55. The molecule has 1 atom stereocenters. The summed E-state index contributed by atoms with van der Waals surface area (Å²) in [6.07, 6.45) is -3.66. The molecule has 1 aliphatic rings. The number of ether oxygens (including phenoxy) is 3. The quantitative estimate of drug-likeness (QED) is 0.543. The Balaban J connectivity index is 1.62. The third-order valence-electron chi connectivity index (χ3n) is 5.22. The number of rotatable bonds is 7. The molecule has 0 spiro atoms. The van der Waals surface area contributed by atoms with Crippen LogP contribution in [-0.4, -0.2) is 41.9 Å². The predicted octanol–water partition coefficient (Wildman–Crippen LogP) is 3.97. The first-order valence-electron chi connectivity index (χ1n) is 10.4. The number of methoxy groups -OCH3 is 1. The second-order valence-electron chi connectivity index (χ2n) is 7.81. The maximum absolute atomic E-state index is 13.1.